The fourth-order valence-electron chi connectivity index (χ4n) is 3.45. The van der Waals surface area contributed by atoms with Crippen molar-refractivity contribution >= 4 is 17.3 Å². The molecule has 2 fully saturated rings. The van der Waals surface area contributed by atoms with Crippen LogP contribution in [-0.2, 0) is 16.1 Å². The first-order chi connectivity index (χ1) is 13.2. The molecule has 0 saturated carbocycles. The van der Waals surface area contributed by atoms with Crippen molar-refractivity contribution in [1.82, 2.24) is 15.0 Å². The second kappa shape index (κ2) is 8.58. The normalized spacial score (nSPS) is 25.1. The molecular weight excluding hydrogens is 399 g/mol. The Morgan fingerprint density at radius 1 is 1.39 bits per heavy atom. The Balaban J connectivity index is 0.000000279. The third-order valence-electron chi connectivity index (χ3n) is 4.69. The van der Waals surface area contributed by atoms with Gasteiger partial charge in [-0.3, -0.25) is 4.90 Å². The molecular formula is C17H20F3N3O4S. The SMILES string of the molecule is Cc1noc([C@@H]2CC[C@@H]3[C@@H](CCN3Cc3ccsc3)O2)n1.O=C(O)C(F)(F)F. The zero-order valence-corrected chi connectivity index (χ0v) is 15.9. The molecule has 0 radical (unpaired) electrons. The summed E-state index contributed by atoms with van der Waals surface area (Å²) in [7, 11) is 0. The van der Waals surface area contributed by atoms with Crippen molar-refractivity contribution < 1.29 is 32.3 Å². The van der Waals surface area contributed by atoms with Gasteiger partial charge in [0.25, 0.3) is 5.89 Å². The van der Waals surface area contributed by atoms with E-state index in [2.05, 4.69) is 31.9 Å². The van der Waals surface area contributed by atoms with Crippen LogP contribution >= 0.6 is 11.3 Å². The second-order valence-electron chi connectivity index (χ2n) is 6.68. The van der Waals surface area contributed by atoms with Crippen LogP contribution in [0.2, 0.25) is 0 Å². The summed E-state index contributed by atoms with van der Waals surface area (Å²) >= 11 is 1.77. The van der Waals surface area contributed by atoms with Crippen LogP contribution in [0.5, 0.6) is 0 Å². The number of rotatable bonds is 3. The minimum absolute atomic E-state index is 0.0199. The van der Waals surface area contributed by atoms with Gasteiger partial charge >= 0.3 is 12.1 Å². The van der Waals surface area contributed by atoms with E-state index in [1.54, 1.807) is 11.3 Å². The van der Waals surface area contributed by atoms with Crippen molar-refractivity contribution in [3.8, 4) is 0 Å². The first-order valence-corrected chi connectivity index (χ1v) is 9.69. The maximum Gasteiger partial charge on any atom is 0.490 e. The van der Waals surface area contributed by atoms with Crippen LogP contribution in [0.25, 0.3) is 0 Å². The monoisotopic (exact) mass is 419 g/mol. The average molecular weight is 419 g/mol. The maximum absolute atomic E-state index is 10.6. The number of thiophene rings is 1. The number of carboxylic acids is 1. The Kier molecular flexibility index (Phi) is 6.36. The maximum atomic E-state index is 10.6. The summed E-state index contributed by atoms with van der Waals surface area (Å²) < 4.78 is 43.2. The summed E-state index contributed by atoms with van der Waals surface area (Å²) in [6.07, 6.45) is -1.61. The lowest BCUT2D eigenvalue weighted by atomic mass is 9.99. The summed E-state index contributed by atoms with van der Waals surface area (Å²) in [5.41, 5.74) is 1.41. The Labute approximate surface area is 163 Å². The Bertz CT molecular complexity index is 781. The molecule has 2 saturated heterocycles. The molecule has 0 unspecified atom stereocenters. The highest BCUT2D eigenvalue weighted by atomic mass is 32.1. The smallest absolute Gasteiger partial charge is 0.475 e. The molecule has 2 aliphatic rings. The zero-order valence-electron chi connectivity index (χ0n) is 15.1. The standard InChI is InChI=1S/C15H19N3O2S.C2HF3O2/c1-10-16-15(20-17-10)14-3-2-12-13(19-14)4-6-18(12)8-11-5-7-21-9-11;3-2(4,5)1(6)7/h5,7,9,12-14H,2-4,6,8H2,1H3;(H,6,7)/t12-,13-,14+;/m1./s1. The van der Waals surface area contributed by atoms with E-state index in [9.17, 15) is 13.2 Å². The molecule has 0 bridgehead atoms. The molecule has 1 N–H and O–H groups in total. The highest BCUT2D eigenvalue weighted by molar-refractivity contribution is 7.07. The fraction of sp³-hybridized carbons (Fsp3) is 0.588. The molecule has 11 heteroatoms. The van der Waals surface area contributed by atoms with Gasteiger partial charge in [0.05, 0.1) is 6.10 Å². The van der Waals surface area contributed by atoms with Crippen molar-refractivity contribution in [3.05, 3.63) is 34.1 Å². The minimum atomic E-state index is -5.08. The highest BCUT2D eigenvalue weighted by Crippen LogP contribution is 2.38. The van der Waals surface area contributed by atoms with Crippen LogP contribution in [0, 0.1) is 6.92 Å². The lowest BCUT2D eigenvalue weighted by molar-refractivity contribution is -0.192. The van der Waals surface area contributed by atoms with Crippen LogP contribution in [-0.4, -0.2) is 51.0 Å². The molecule has 2 aromatic heterocycles. The molecule has 4 heterocycles. The van der Waals surface area contributed by atoms with Crippen molar-refractivity contribution in [2.24, 2.45) is 0 Å². The second-order valence-corrected chi connectivity index (χ2v) is 7.46. The Morgan fingerprint density at radius 3 is 2.71 bits per heavy atom. The first kappa shape index (κ1) is 20.7. The summed E-state index contributed by atoms with van der Waals surface area (Å²) in [5.74, 6) is -1.43. The molecule has 3 atom stereocenters. The van der Waals surface area contributed by atoms with Crippen molar-refractivity contribution in [1.29, 1.82) is 0 Å². The molecule has 4 rings (SSSR count). The molecule has 2 aromatic rings. The van der Waals surface area contributed by atoms with Gasteiger partial charge in [-0.25, -0.2) is 4.79 Å². The summed E-state index contributed by atoms with van der Waals surface area (Å²) in [6, 6.07) is 2.75. The van der Waals surface area contributed by atoms with Crippen molar-refractivity contribution in [2.45, 2.75) is 57.2 Å². The number of aliphatic carboxylic acids is 1. The highest BCUT2D eigenvalue weighted by Gasteiger charge is 2.41. The molecule has 0 aliphatic carbocycles. The summed E-state index contributed by atoms with van der Waals surface area (Å²) in [4.78, 5) is 15.8. The third-order valence-corrected chi connectivity index (χ3v) is 5.42. The van der Waals surface area contributed by atoms with Crippen molar-refractivity contribution in [2.75, 3.05) is 6.54 Å². The van der Waals surface area contributed by atoms with Gasteiger partial charge < -0.3 is 14.4 Å². The molecule has 0 spiro atoms. The van der Waals surface area contributed by atoms with E-state index in [1.165, 1.54) is 5.56 Å². The molecule has 154 valence electrons. The number of alkyl halides is 3. The minimum Gasteiger partial charge on any atom is -0.475 e. The topological polar surface area (TPSA) is 88.7 Å². The number of hydrogen-bond donors (Lipinski definition) is 1. The van der Waals surface area contributed by atoms with Gasteiger partial charge in [-0.05, 0) is 48.6 Å². The summed E-state index contributed by atoms with van der Waals surface area (Å²) in [6.45, 7) is 4.00. The predicted octanol–water partition coefficient (Wildman–Crippen LogP) is 3.57. The number of halogens is 3. The zero-order chi connectivity index (χ0) is 20.3. The van der Waals surface area contributed by atoms with E-state index in [1.807, 2.05) is 6.92 Å². The van der Waals surface area contributed by atoms with Crippen LogP contribution < -0.4 is 0 Å². The van der Waals surface area contributed by atoms with Gasteiger partial charge in [-0.2, -0.15) is 29.5 Å². The number of carbonyl (C=O) groups is 1. The lowest BCUT2D eigenvalue weighted by Gasteiger charge is -2.34. The van der Waals surface area contributed by atoms with Crippen LogP contribution in [0.1, 0.15) is 42.6 Å². The number of fused-ring (bicyclic) bond motifs is 1. The van der Waals surface area contributed by atoms with Gasteiger partial charge in [0, 0.05) is 19.1 Å². The van der Waals surface area contributed by atoms with E-state index >= 15 is 0 Å². The van der Waals surface area contributed by atoms with Crippen LogP contribution in [0.15, 0.2) is 21.3 Å². The Morgan fingerprint density at radius 2 is 2.14 bits per heavy atom. The van der Waals surface area contributed by atoms with Gasteiger partial charge in [-0.1, -0.05) is 5.16 Å². The number of nitrogens with zero attached hydrogens (tertiary/aromatic N) is 3. The number of aromatic nitrogens is 2. The molecule has 28 heavy (non-hydrogen) atoms. The van der Waals surface area contributed by atoms with Crippen LogP contribution in [0.3, 0.4) is 0 Å². The lowest BCUT2D eigenvalue weighted by Crippen LogP contribution is -2.40. The van der Waals surface area contributed by atoms with Gasteiger partial charge in [0.1, 0.15) is 6.10 Å². The quantitative estimate of drug-likeness (QED) is 0.814. The third kappa shape index (κ3) is 5.09. The van der Waals surface area contributed by atoms with Crippen molar-refractivity contribution in [3.63, 3.8) is 0 Å². The van der Waals surface area contributed by atoms with E-state index in [0.717, 1.165) is 32.4 Å². The molecule has 2 aliphatic heterocycles. The molecule has 0 aromatic carbocycles. The van der Waals surface area contributed by atoms with Gasteiger partial charge in [0.15, 0.2) is 5.82 Å². The predicted molar refractivity (Wildman–Crippen MR) is 92.7 cm³/mol. The average Bonchev–Trinajstić information content (AvgIpc) is 3.36. The van der Waals surface area contributed by atoms with E-state index in [-0.39, 0.29) is 6.10 Å². The fourth-order valence-corrected chi connectivity index (χ4v) is 4.11. The number of aryl methyl sites for hydroxylation is 1. The van der Waals surface area contributed by atoms with E-state index < -0.39 is 12.1 Å². The van der Waals surface area contributed by atoms with Gasteiger partial charge in [-0.15, -0.1) is 0 Å². The number of carboxylic acid groups (broad SMARTS) is 1. The largest absolute Gasteiger partial charge is 0.490 e. The molecule has 7 nitrogen and oxygen atoms in total. The number of hydrogen-bond acceptors (Lipinski definition) is 7. The first-order valence-electron chi connectivity index (χ1n) is 8.75. The summed E-state index contributed by atoms with van der Waals surface area (Å²) in [5, 5.41) is 15.4. The van der Waals surface area contributed by atoms with Gasteiger partial charge in [0.2, 0.25) is 0 Å². The molecule has 0 amide bonds. The van der Waals surface area contributed by atoms with E-state index in [0.29, 0.717) is 23.9 Å². The van der Waals surface area contributed by atoms with E-state index in [4.69, 9.17) is 19.2 Å². The van der Waals surface area contributed by atoms with Crippen LogP contribution in [0.4, 0.5) is 13.2 Å². The Hall–Kier alpha value is -1.98. The number of likely N-dealkylation sites (tertiary alicyclic amines) is 1. The number of ether oxygens (including phenoxy) is 1.